The monoisotopic (exact) mass is 314 g/mol. The first-order valence-electron chi connectivity index (χ1n) is 7.29. The molecule has 22 heavy (non-hydrogen) atoms. The van der Waals surface area contributed by atoms with Crippen molar-refractivity contribution in [2.75, 3.05) is 11.4 Å². The van der Waals surface area contributed by atoms with Gasteiger partial charge in [0.15, 0.2) is 0 Å². The van der Waals surface area contributed by atoms with Gasteiger partial charge in [-0.3, -0.25) is 9.59 Å². The summed E-state index contributed by atoms with van der Waals surface area (Å²) in [5, 5.41) is 4.69. The van der Waals surface area contributed by atoms with Crippen LogP contribution in [0.1, 0.15) is 27.2 Å². The average molecular weight is 314 g/mol. The number of benzene rings is 1. The van der Waals surface area contributed by atoms with Crippen LogP contribution in [0, 0.1) is 13.8 Å². The Bertz CT molecular complexity index is 709. The van der Waals surface area contributed by atoms with Crippen molar-refractivity contribution >= 4 is 28.8 Å². The SMILES string of the molecule is Cc1ccc(N2CC[C@H](NC(=O)c3cccs3)C2=O)cc1C. The largest absolute Gasteiger partial charge is 0.339 e. The number of hydrogen-bond donors (Lipinski definition) is 1. The molecule has 0 bridgehead atoms. The smallest absolute Gasteiger partial charge is 0.261 e. The lowest BCUT2D eigenvalue weighted by atomic mass is 10.1. The molecule has 1 N–H and O–H groups in total. The zero-order valence-electron chi connectivity index (χ0n) is 12.6. The van der Waals surface area contributed by atoms with Crippen LogP contribution in [0.5, 0.6) is 0 Å². The predicted octanol–water partition coefficient (Wildman–Crippen LogP) is 2.90. The van der Waals surface area contributed by atoms with Crippen LogP contribution >= 0.6 is 11.3 Å². The van der Waals surface area contributed by atoms with Gasteiger partial charge in [0.2, 0.25) is 5.91 Å². The highest BCUT2D eigenvalue weighted by Gasteiger charge is 2.33. The molecule has 0 aliphatic carbocycles. The Kier molecular flexibility index (Phi) is 3.98. The van der Waals surface area contributed by atoms with Crippen molar-refractivity contribution in [3.63, 3.8) is 0 Å². The first-order chi connectivity index (χ1) is 10.6. The van der Waals surface area contributed by atoms with E-state index in [1.165, 1.54) is 16.9 Å². The molecule has 0 radical (unpaired) electrons. The van der Waals surface area contributed by atoms with E-state index in [2.05, 4.69) is 12.2 Å². The summed E-state index contributed by atoms with van der Waals surface area (Å²) in [6.45, 7) is 4.72. The number of thiophene rings is 1. The number of rotatable bonds is 3. The second kappa shape index (κ2) is 5.93. The number of anilines is 1. The van der Waals surface area contributed by atoms with Crippen molar-refractivity contribution in [1.82, 2.24) is 5.32 Å². The Morgan fingerprint density at radius 1 is 1.27 bits per heavy atom. The third-order valence-electron chi connectivity index (χ3n) is 4.06. The van der Waals surface area contributed by atoms with Crippen LogP contribution in [0.25, 0.3) is 0 Å². The van der Waals surface area contributed by atoms with E-state index in [9.17, 15) is 9.59 Å². The van der Waals surface area contributed by atoms with Crippen LogP contribution in [-0.2, 0) is 4.79 Å². The molecular formula is C17H18N2O2S. The number of nitrogens with one attached hydrogen (secondary N) is 1. The third-order valence-corrected chi connectivity index (χ3v) is 4.93. The number of aryl methyl sites for hydroxylation is 2. The molecule has 1 aliphatic heterocycles. The van der Waals surface area contributed by atoms with Crippen molar-refractivity contribution in [3.8, 4) is 0 Å². The number of hydrogen-bond acceptors (Lipinski definition) is 3. The number of nitrogens with zero attached hydrogens (tertiary/aromatic N) is 1. The fourth-order valence-corrected chi connectivity index (χ4v) is 3.23. The quantitative estimate of drug-likeness (QED) is 0.947. The molecule has 1 aromatic carbocycles. The van der Waals surface area contributed by atoms with Crippen LogP contribution in [0.15, 0.2) is 35.7 Å². The van der Waals surface area contributed by atoms with E-state index in [4.69, 9.17) is 0 Å². The third kappa shape index (κ3) is 2.76. The second-order valence-corrected chi connectivity index (χ2v) is 6.50. The van der Waals surface area contributed by atoms with Gasteiger partial charge >= 0.3 is 0 Å². The summed E-state index contributed by atoms with van der Waals surface area (Å²) in [5.74, 6) is -0.205. The molecular weight excluding hydrogens is 296 g/mol. The first kappa shape index (κ1) is 14.8. The van der Waals surface area contributed by atoms with Gasteiger partial charge < -0.3 is 10.2 Å². The van der Waals surface area contributed by atoms with Gasteiger partial charge in [0.25, 0.3) is 5.91 Å². The zero-order valence-corrected chi connectivity index (χ0v) is 13.4. The normalized spacial score (nSPS) is 17.8. The van der Waals surface area contributed by atoms with Crippen LogP contribution in [0.3, 0.4) is 0 Å². The van der Waals surface area contributed by atoms with Gasteiger partial charge in [-0.05, 0) is 55.0 Å². The van der Waals surface area contributed by atoms with Crippen LogP contribution in [0.2, 0.25) is 0 Å². The van der Waals surface area contributed by atoms with E-state index in [0.29, 0.717) is 17.8 Å². The van der Waals surface area contributed by atoms with Crippen molar-refractivity contribution < 1.29 is 9.59 Å². The minimum Gasteiger partial charge on any atom is -0.339 e. The summed E-state index contributed by atoms with van der Waals surface area (Å²) < 4.78 is 0. The molecule has 2 aromatic rings. The van der Waals surface area contributed by atoms with Gasteiger partial charge in [-0.15, -0.1) is 11.3 Å². The van der Waals surface area contributed by atoms with Crippen LogP contribution in [-0.4, -0.2) is 24.4 Å². The van der Waals surface area contributed by atoms with E-state index in [1.54, 1.807) is 11.0 Å². The van der Waals surface area contributed by atoms with Crippen LogP contribution in [0.4, 0.5) is 5.69 Å². The zero-order chi connectivity index (χ0) is 15.7. The number of carbonyl (C=O) groups is 2. The number of amides is 2. The molecule has 0 spiro atoms. The van der Waals surface area contributed by atoms with Crippen molar-refractivity contribution in [3.05, 3.63) is 51.7 Å². The van der Waals surface area contributed by atoms with Gasteiger partial charge in [-0.1, -0.05) is 12.1 Å². The highest BCUT2D eigenvalue weighted by atomic mass is 32.1. The topological polar surface area (TPSA) is 49.4 Å². The molecule has 1 aromatic heterocycles. The van der Waals surface area contributed by atoms with Gasteiger partial charge in [-0.25, -0.2) is 0 Å². The molecule has 5 heteroatoms. The van der Waals surface area contributed by atoms with E-state index in [-0.39, 0.29) is 11.8 Å². The molecule has 2 amide bonds. The van der Waals surface area contributed by atoms with Gasteiger partial charge in [0.1, 0.15) is 6.04 Å². The summed E-state index contributed by atoms with van der Waals surface area (Å²) in [7, 11) is 0. The standard InChI is InChI=1S/C17H18N2O2S/c1-11-5-6-13(10-12(11)2)19-8-7-14(17(19)21)18-16(20)15-4-3-9-22-15/h3-6,9-10,14H,7-8H2,1-2H3,(H,18,20)/t14-/m0/s1. The Balaban J connectivity index is 1.72. The predicted molar refractivity (Wildman–Crippen MR) is 88.5 cm³/mol. The van der Waals surface area contributed by atoms with Gasteiger partial charge in [0.05, 0.1) is 4.88 Å². The lowest BCUT2D eigenvalue weighted by Crippen LogP contribution is -2.41. The minimum absolute atomic E-state index is 0.0341. The summed E-state index contributed by atoms with van der Waals surface area (Å²) in [6.07, 6.45) is 0.642. The Morgan fingerprint density at radius 3 is 2.77 bits per heavy atom. The fourth-order valence-electron chi connectivity index (χ4n) is 2.60. The molecule has 114 valence electrons. The maximum absolute atomic E-state index is 12.5. The van der Waals surface area contributed by atoms with Crippen molar-refractivity contribution in [2.24, 2.45) is 0 Å². The first-order valence-corrected chi connectivity index (χ1v) is 8.17. The molecule has 4 nitrogen and oxygen atoms in total. The van der Waals surface area contributed by atoms with E-state index < -0.39 is 6.04 Å². The van der Waals surface area contributed by atoms with Crippen molar-refractivity contribution in [1.29, 1.82) is 0 Å². The maximum Gasteiger partial charge on any atom is 0.261 e. The maximum atomic E-state index is 12.5. The highest BCUT2D eigenvalue weighted by molar-refractivity contribution is 7.12. The van der Waals surface area contributed by atoms with Crippen molar-refractivity contribution in [2.45, 2.75) is 26.3 Å². The Labute approximate surface area is 133 Å². The molecule has 0 unspecified atom stereocenters. The average Bonchev–Trinajstić information content (AvgIpc) is 3.13. The van der Waals surface area contributed by atoms with Gasteiger partial charge in [0, 0.05) is 12.2 Å². The molecule has 1 atom stereocenters. The summed E-state index contributed by atoms with van der Waals surface area (Å²) in [4.78, 5) is 27.0. The second-order valence-electron chi connectivity index (χ2n) is 5.55. The summed E-state index contributed by atoms with van der Waals surface area (Å²) in [6, 6.07) is 9.17. The highest BCUT2D eigenvalue weighted by Crippen LogP contribution is 2.24. The van der Waals surface area contributed by atoms with E-state index >= 15 is 0 Å². The molecule has 1 saturated heterocycles. The lowest BCUT2D eigenvalue weighted by molar-refractivity contribution is -0.118. The lowest BCUT2D eigenvalue weighted by Gasteiger charge is -2.18. The van der Waals surface area contributed by atoms with Gasteiger partial charge in [-0.2, -0.15) is 0 Å². The summed E-state index contributed by atoms with van der Waals surface area (Å²) >= 11 is 1.38. The molecule has 3 rings (SSSR count). The molecule has 0 saturated carbocycles. The summed E-state index contributed by atoms with van der Waals surface area (Å²) in [5.41, 5.74) is 3.27. The minimum atomic E-state index is -0.434. The van der Waals surface area contributed by atoms with E-state index in [1.807, 2.05) is 36.6 Å². The molecule has 1 aliphatic rings. The Hall–Kier alpha value is -2.14. The molecule has 2 heterocycles. The van der Waals surface area contributed by atoms with E-state index in [0.717, 1.165) is 11.3 Å². The Morgan fingerprint density at radius 2 is 2.09 bits per heavy atom. The fraction of sp³-hybridized carbons (Fsp3) is 0.294. The number of carbonyl (C=O) groups excluding carboxylic acids is 2. The van der Waals surface area contributed by atoms with Crippen LogP contribution < -0.4 is 10.2 Å². The molecule has 1 fully saturated rings.